The summed E-state index contributed by atoms with van der Waals surface area (Å²) in [6, 6.07) is 2.77. The van der Waals surface area contributed by atoms with E-state index in [4.69, 9.17) is 4.74 Å². The maximum Gasteiger partial charge on any atom is 0.417 e. The SMILES string of the molecule is CC(C)CC(CNC(=O)C1CCN(c2ccc(C(F)(F)F)cn2)CC1)N1CCOCC1. The fourth-order valence-corrected chi connectivity index (χ4v) is 4.32. The second-order valence-corrected chi connectivity index (χ2v) is 8.84. The van der Waals surface area contributed by atoms with E-state index in [0.717, 1.165) is 45.0 Å². The summed E-state index contributed by atoms with van der Waals surface area (Å²) in [7, 11) is 0. The number of pyridine rings is 1. The van der Waals surface area contributed by atoms with Crippen molar-refractivity contribution in [2.75, 3.05) is 50.8 Å². The number of anilines is 1. The lowest BCUT2D eigenvalue weighted by atomic mass is 9.95. The fourth-order valence-electron chi connectivity index (χ4n) is 4.32. The number of rotatable bonds is 7. The van der Waals surface area contributed by atoms with Crippen molar-refractivity contribution in [1.82, 2.24) is 15.2 Å². The molecule has 0 bridgehead atoms. The van der Waals surface area contributed by atoms with Gasteiger partial charge >= 0.3 is 6.18 Å². The highest BCUT2D eigenvalue weighted by Crippen LogP contribution is 2.30. The molecular formula is C22H33F3N4O2. The quantitative estimate of drug-likeness (QED) is 0.703. The number of carbonyl (C=O) groups excluding carboxylic acids is 1. The zero-order valence-corrected chi connectivity index (χ0v) is 18.3. The average molecular weight is 443 g/mol. The molecule has 2 aliphatic rings. The Balaban J connectivity index is 1.48. The summed E-state index contributed by atoms with van der Waals surface area (Å²) in [6.07, 6.45) is -1.15. The number of hydrogen-bond donors (Lipinski definition) is 1. The normalized spacial score (nSPS) is 20.1. The van der Waals surface area contributed by atoms with E-state index >= 15 is 0 Å². The molecule has 2 fully saturated rings. The van der Waals surface area contributed by atoms with Gasteiger partial charge in [-0.05, 0) is 37.3 Å². The zero-order chi connectivity index (χ0) is 22.4. The van der Waals surface area contributed by atoms with Crippen molar-refractivity contribution in [2.45, 2.75) is 45.3 Å². The van der Waals surface area contributed by atoms with Crippen LogP contribution in [0.15, 0.2) is 18.3 Å². The first-order valence-corrected chi connectivity index (χ1v) is 11.1. The van der Waals surface area contributed by atoms with Crippen molar-refractivity contribution in [2.24, 2.45) is 11.8 Å². The van der Waals surface area contributed by atoms with E-state index in [0.29, 0.717) is 50.3 Å². The van der Waals surface area contributed by atoms with Crippen molar-refractivity contribution >= 4 is 11.7 Å². The Bertz CT molecular complexity index is 698. The lowest BCUT2D eigenvalue weighted by Gasteiger charge is -2.36. The monoisotopic (exact) mass is 442 g/mol. The van der Waals surface area contributed by atoms with Crippen LogP contribution in [0.1, 0.15) is 38.7 Å². The maximum absolute atomic E-state index is 12.8. The molecule has 0 spiro atoms. The third kappa shape index (κ3) is 6.80. The number of amides is 1. The number of halogens is 3. The molecule has 1 atom stereocenters. The lowest BCUT2D eigenvalue weighted by molar-refractivity contribution is -0.137. The Hall–Kier alpha value is -1.87. The van der Waals surface area contributed by atoms with E-state index in [1.165, 1.54) is 6.07 Å². The maximum atomic E-state index is 12.8. The molecule has 6 nitrogen and oxygen atoms in total. The molecule has 174 valence electrons. The molecular weight excluding hydrogens is 409 g/mol. The summed E-state index contributed by atoms with van der Waals surface area (Å²) >= 11 is 0. The van der Waals surface area contributed by atoms with E-state index in [-0.39, 0.29) is 11.8 Å². The minimum atomic E-state index is -4.38. The topological polar surface area (TPSA) is 57.7 Å². The predicted octanol–water partition coefficient (Wildman–Crippen LogP) is 3.18. The lowest BCUT2D eigenvalue weighted by Crippen LogP contribution is -2.50. The smallest absolute Gasteiger partial charge is 0.379 e. The Labute approximate surface area is 182 Å². The molecule has 0 radical (unpaired) electrons. The van der Waals surface area contributed by atoms with Crippen LogP contribution in [0.25, 0.3) is 0 Å². The zero-order valence-electron chi connectivity index (χ0n) is 18.3. The van der Waals surface area contributed by atoms with Gasteiger partial charge < -0.3 is 15.0 Å². The van der Waals surface area contributed by atoms with Crippen molar-refractivity contribution in [3.05, 3.63) is 23.9 Å². The number of piperidine rings is 1. The van der Waals surface area contributed by atoms with E-state index in [9.17, 15) is 18.0 Å². The minimum absolute atomic E-state index is 0.0713. The highest BCUT2D eigenvalue weighted by molar-refractivity contribution is 5.79. The summed E-state index contributed by atoms with van der Waals surface area (Å²) in [5.41, 5.74) is -0.748. The minimum Gasteiger partial charge on any atom is -0.379 e. The van der Waals surface area contributed by atoms with Gasteiger partial charge in [-0.25, -0.2) is 4.98 Å². The third-order valence-electron chi connectivity index (χ3n) is 6.08. The summed E-state index contributed by atoms with van der Waals surface area (Å²) < 4.78 is 43.6. The molecule has 1 aromatic rings. The summed E-state index contributed by atoms with van der Waals surface area (Å²) in [5, 5.41) is 3.15. The number of ether oxygens (including phenoxy) is 1. The van der Waals surface area contributed by atoms with Gasteiger partial charge in [0, 0.05) is 50.9 Å². The Morgan fingerprint density at radius 1 is 1.19 bits per heavy atom. The molecule has 0 aliphatic carbocycles. The van der Waals surface area contributed by atoms with Gasteiger partial charge in [-0.2, -0.15) is 13.2 Å². The van der Waals surface area contributed by atoms with Crippen LogP contribution in [0, 0.1) is 11.8 Å². The number of nitrogens with zero attached hydrogens (tertiary/aromatic N) is 3. The highest BCUT2D eigenvalue weighted by Gasteiger charge is 2.32. The van der Waals surface area contributed by atoms with Gasteiger partial charge in [-0.3, -0.25) is 9.69 Å². The standard InChI is InChI=1S/C22H33F3N4O2/c1-16(2)13-19(28-9-11-31-12-10-28)15-27-21(30)17-5-7-29(8-6-17)20-4-3-18(14-26-20)22(23,24)25/h3-4,14,16-17,19H,5-13,15H2,1-2H3,(H,27,30). The molecule has 2 aliphatic heterocycles. The van der Waals surface area contributed by atoms with Crippen molar-refractivity contribution in [1.29, 1.82) is 0 Å². The van der Waals surface area contributed by atoms with Crippen LogP contribution in [0.3, 0.4) is 0 Å². The van der Waals surface area contributed by atoms with E-state index in [1.54, 1.807) is 0 Å². The molecule has 1 unspecified atom stereocenters. The first-order chi connectivity index (χ1) is 14.7. The Morgan fingerprint density at radius 2 is 1.87 bits per heavy atom. The van der Waals surface area contributed by atoms with Crippen LogP contribution in [0.2, 0.25) is 0 Å². The first kappa shape index (κ1) is 23.8. The molecule has 1 N–H and O–H groups in total. The molecule has 1 aromatic heterocycles. The highest BCUT2D eigenvalue weighted by atomic mass is 19.4. The van der Waals surface area contributed by atoms with E-state index < -0.39 is 11.7 Å². The number of carbonyl (C=O) groups is 1. The average Bonchev–Trinajstić information content (AvgIpc) is 2.76. The summed E-state index contributed by atoms with van der Waals surface area (Å²) in [6.45, 7) is 9.50. The van der Waals surface area contributed by atoms with Crippen LogP contribution in [-0.4, -0.2) is 67.8 Å². The second-order valence-electron chi connectivity index (χ2n) is 8.84. The Kier molecular flexibility index (Phi) is 8.16. The van der Waals surface area contributed by atoms with Crippen LogP contribution < -0.4 is 10.2 Å². The summed E-state index contributed by atoms with van der Waals surface area (Å²) in [5.74, 6) is 1.07. The largest absolute Gasteiger partial charge is 0.417 e. The number of alkyl halides is 3. The van der Waals surface area contributed by atoms with E-state index in [2.05, 4.69) is 29.0 Å². The molecule has 0 saturated carbocycles. The molecule has 3 rings (SSSR count). The van der Waals surface area contributed by atoms with Crippen LogP contribution >= 0.6 is 0 Å². The van der Waals surface area contributed by atoms with Crippen LogP contribution in [0.5, 0.6) is 0 Å². The van der Waals surface area contributed by atoms with Crippen molar-refractivity contribution in [3.63, 3.8) is 0 Å². The molecule has 3 heterocycles. The number of nitrogens with one attached hydrogen (secondary N) is 1. The molecule has 9 heteroatoms. The van der Waals surface area contributed by atoms with Gasteiger partial charge in [0.2, 0.25) is 5.91 Å². The number of morpholine rings is 1. The van der Waals surface area contributed by atoms with Gasteiger partial charge in [0.25, 0.3) is 0 Å². The summed E-state index contributed by atoms with van der Waals surface area (Å²) in [4.78, 5) is 21.1. The Morgan fingerprint density at radius 3 is 2.42 bits per heavy atom. The second kappa shape index (κ2) is 10.6. The van der Waals surface area contributed by atoms with Gasteiger partial charge in [-0.1, -0.05) is 13.8 Å². The van der Waals surface area contributed by atoms with Gasteiger partial charge in [0.1, 0.15) is 5.82 Å². The van der Waals surface area contributed by atoms with Gasteiger partial charge in [0.15, 0.2) is 0 Å². The van der Waals surface area contributed by atoms with Gasteiger partial charge in [-0.15, -0.1) is 0 Å². The van der Waals surface area contributed by atoms with Crippen molar-refractivity contribution in [3.8, 4) is 0 Å². The fraction of sp³-hybridized carbons (Fsp3) is 0.727. The van der Waals surface area contributed by atoms with Crippen molar-refractivity contribution < 1.29 is 22.7 Å². The first-order valence-electron chi connectivity index (χ1n) is 11.1. The van der Waals surface area contributed by atoms with E-state index in [1.807, 2.05) is 4.90 Å². The van der Waals surface area contributed by atoms with Crippen LogP contribution in [0.4, 0.5) is 19.0 Å². The predicted molar refractivity (Wildman–Crippen MR) is 113 cm³/mol. The third-order valence-corrected chi connectivity index (χ3v) is 6.08. The molecule has 2 saturated heterocycles. The van der Waals surface area contributed by atoms with Crippen LogP contribution in [-0.2, 0) is 15.7 Å². The molecule has 1 amide bonds. The molecule has 31 heavy (non-hydrogen) atoms. The van der Waals surface area contributed by atoms with Gasteiger partial charge in [0.05, 0.1) is 18.8 Å². The number of aromatic nitrogens is 1. The molecule has 0 aromatic carbocycles. The number of hydrogen-bond acceptors (Lipinski definition) is 5.